The Kier molecular flexibility index (Phi) is 7.79. The van der Waals surface area contributed by atoms with Crippen molar-refractivity contribution in [1.82, 2.24) is 5.32 Å². The second-order valence-electron chi connectivity index (χ2n) is 6.06. The van der Waals surface area contributed by atoms with Crippen molar-refractivity contribution < 1.29 is 9.59 Å². The summed E-state index contributed by atoms with van der Waals surface area (Å²) in [5, 5.41) is 5.30. The van der Waals surface area contributed by atoms with Gasteiger partial charge in [-0.15, -0.1) is 0 Å². The Hall–Kier alpha value is -2.70. The highest BCUT2D eigenvalue weighted by Gasteiger charge is 2.13. The molecule has 0 fully saturated rings. The lowest BCUT2D eigenvalue weighted by molar-refractivity contribution is -0.125. The van der Waals surface area contributed by atoms with E-state index in [0.29, 0.717) is 25.1 Å². The summed E-state index contributed by atoms with van der Waals surface area (Å²) in [6.45, 7) is 0.372. The van der Waals surface area contributed by atoms with Crippen LogP contribution < -0.4 is 22.1 Å². The maximum absolute atomic E-state index is 12.0. The van der Waals surface area contributed by atoms with Crippen molar-refractivity contribution in [1.29, 1.82) is 0 Å². The summed E-state index contributed by atoms with van der Waals surface area (Å²) < 4.78 is 0. The van der Waals surface area contributed by atoms with Crippen LogP contribution in [0.2, 0.25) is 0 Å². The molecular formula is C20H26N4O2. The van der Waals surface area contributed by atoms with Crippen LogP contribution in [0.3, 0.4) is 0 Å². The first-order chi connectivity index (χ1) is 12.6. The molecule has 6 N–H and O–H groups in total. The van der Waals surface area contributed by atoms with Crippen molar-refractivity contribution in [2.75, 3.05) is 18.4 Å². The van der Waals surface area contributed by atoms with Crippen LogP contribution in [0.4, 0.5) is 5.69 Å². The fourth-order valence-corrected chi connectivity index (χ4v) is 2.51. The predicted molar refractivity (Wildman–Crippen MR) is 105 cm³/mol. The molecule has 6 heteroatoms. The molecule has 0 aromatic heterocycles. The van der Waals surface area contributed by atoms with Gasteiger partial charge in [-0.1, -0.05) is 42.5 Å². The number of carbonyl (C=O) groups is 2. The van der Waals surface area contributed by atoms with Crippen LogP contribution in [-0.2, 0) is 9.59 Å². The number of hydrogen-bond acceptors (Lipinski definition) is 4. The molecule has 1 aromatic rings. The van der Waals surface area contributed by atoms with Crippen molar-refractivity contribution in [3.05, 3.63) is 60.2 Å². The summed E-state index contributed by atoms with van der Waals surface area (Å²) in [6.07, 6.45) is 12.4. The lowest BCUT2D eigenvalue weighted by Gasteiger charge is -2.12. The van der Waals surface area contributed by atoms with Crippen LogP contribution in [-0.4, -0.2) is 30.9 Å². The Balaban J connectivity index is 1.82. The third-order valence-corrected chi connectivity index (χ3v) is 3.98. The molecule has 138 valence electrons. The third kappa shape index (κ3) is 6.31. The first kappa shape index (κ1) is 19.6. The topological polar surface area (TPSA) is 110 Å². The summed E-state index contributed by atoms with van der Waals surface area (Å²) in [7, 11) is 0. The minimum atomic E-state index is -0.638. The summed E-state index contributed by atoms with van der Waals surface area (Å²) in [5.74, 6) is -0.639. The van der Waals surface area contributed by atoms with E-state index in [1.165, 1.54) is 0 Å². The van der Waals surface area contributed by atoms with Gasteiger partial charge in [-0.05, 0) is 49.1 Å². The van der Waals surface area contributed by atoms with Crippen molar-refractivity contribution >= 4 is 23.1 Å². The van der Waals surface area contributed by atoms with E-state index in [1.54, 1.807) is 0 Å². The van der Waals surface area contributed by atoms with E-state index >= 15 is 0 Å². The standard InChI is InChI=1S/C20H26N4O2/c21-13-5-8-18(22)20(26)23-14-19(25)24-17-11-9-16(10-12-17)15-6-3-1-2-4-7-15/h1-3,6-7,9-12,18H,4-5,8,13-14,21-22H2,(H,23,26)(H,24,25)/t18-/m0/s1. The highest BCUT2D eigenvalue weighted by atomic mass is 16.2. The molecular weight excluding hydrogens is 328 g/mol. The minimum absolute atomic E-state index is 0.115. The van der Waals surface area contributed by atoms with E-state index in [9.17, 15) is 9.59 Å². The van der Waals surface area contributed by atoms with Crippen molar-refractivity contribution in [2.45, 2.75) is 25.3 Å². The van der Waals surface area contributed by atoms with E-state index in [0.717, 1.165) is 17.6 Å². The van der Waals surface area contributed by atoms with Gasteiger partial charge in [0.2, 0.25) is 11.8 Å². The smallest absolute Gasteiger partial charge is 0.243 e. The molecule has 6 nitrogen and oxygen atoms in total. The van der Waals surface area contributed by atoms with Crippen LogP contribution in [0.25, 0.3) is 5.57 Å². The lowest BCUT2D eigenvalue weighted by atomic mass is 10.0. The molecule has 0 heterocycles. The zero-order chi connectivity index (χ0) is 18.8. The Morgan fingerprint density at radius 2 is 1.92 bits per heavy atom. The molecule has 0 radical (unpaired) electrons. The van der Waals surface area contributed by atoms with Gasteiger partial charge in [0.1, 0.15) is 0 Å². The van der Waals surface area contributed by atoms with E-state index in [1.807, 2.05) is 36.4 Å². The highest BCUT2D eigenvalue weighted by molar-refractivity contribution is 5.95. The SMILES string of the molecule is NCCC[C@H](N)C(=O)NCC(=O)Nc1ccc(C2=CCC=CC=C2)cc1. The molecule has 0 aliphatic heterocycles. The van der Waals surface area contributed by atoms with Crippen molar-refractivity contribution in [2.24, 2.45) is 11.5 Å². The largest absolute Gasteiger partial charge is 0.346 e. The predicted octanol–water partition coefficient (Wildman–Crippen LogP) is 1.71. The normalized spacial score (nSPS) is 14.3. The second-order valence-corrected chi connectivity index (χ2v) is 6.06. The summed E-state index contributed by atoms with van der Waals surface area (Å²) in [5.41, 5.74) is 14.0. The van der Waals surface area contributed by atoms with Gasteiger partial charge in [0.25, 0.3) is 0 Å². The highest BCUT2D eigenvalue weighted by Crippen LogP contribution is 2.20. The van der Waals surface area contributed by atoms with Gasteiger partial charge in [0.05, 0.1) is 12.6 Å². The number of allylic oxidation sites excluding steroid dienone is 6. The molecule has 1 atom stereocenters. The number of rotatable bonds is 8. The zero-order valence-electron chi connectivity index (χ0n) is 14.8. The van der Waals surface area contributed by atoms with Gasteiger partial charge in [-0.25, -0.2) is 0 Å². The van der Waals surface area contributed by atoms with E-state index < -0.39 is 6.04 Å². The number of nitrogens with one attached hydrogen (secondary N) is 2. The van der Waals surface area contributed by atoms with Crippen LogP contribution in [0.15, 0.2) is 54.6 Å². The average molecular weight is 354 g/mol. The quantitative estimate of drug-likeness (QED) is 0.569. The Morgan fingerprint density at radius 1 is 1.15 bits per heavy atom. The van der Waals surface area contributed by atoms with Gasteiger partial charge >= 0.3 is 0 Å². The third-order valence-electron chi connectivity index (χ3n) is 3.98. The van der Waals surface area contributed by atoms with Gasteiger partial charge in [-0.3, -0.25) is 9.59 Å². The van der Waals surface area contributed by atoms with Crippen molar-refractivity contribution in [3.8, 4) is 0 Å². The van der Waals surface area contributed by atoms with Gasteiger partial charge in [0.15, 0.2) is 0 Å². The van der Waals surface area contributed by atoms with Crippen LogP contribution in [0.5, 0.6) is 0 Å². The van der Waals surface area contributed by atoms with E-state index in [-0.39, 0.29) is 18.4 Å². The molecule has 0 unspecified atom stereocenters. The van der Waals surface area contributed by atoms with E-state index in [4.69, 9.17) is 11.5 Å². The minimum Gasteiger partial charge on any atom is -0.346 e. The van der Waals surface area contributed by atoms with Crippen LogP contribution >= 0.6 is 0 Å². The van der Waals surface area contributed by atoms with Crippen LogP contribution in [0, 0.1) is 0 Å². The second kappa shape index (κ2) is 10.3. The average Bonchev–Trinajstić information content (AvgIpc) is 2.94. The molecule has 0 saturated heterocycles. The first-order valence-corrected chi connectivity index (χ1v) is 8.77. The van der Waals surface area contributed by atoms with Gasteiger partial charge < -0.3 is 22.1 Å². The fourth-order valence-electron chi connectivity index (χ4n) is 2.51. The molecule has 1 aliphatic rings. The molecule has 1 aliphatic carbocycles. The molecule has 2 amide bonds. The Morgan fingerprint density at radius 3 is 2.65 bits per heavy atom. The van der Waals surface area contributed by atoms with Crippen LogP contribution in [0.1, 0.15) is 24.8 Å². The van der Waals surface area contributed by atoms with Gasteiger partial charge in [-0.2, -0.15) is 0 Å². The number of anilines is 1. The number of hydrogen-bond donors (Lipinski definition) is 4. The summed E-state index contributed by atoms with van der Waals surface area (Å²) in [6, 6.07) is 6.96. The number of benzene rings is 1. The monoisotopic (exact) mass is 354 g/mol. The number of nitrogens with two attached hydrogens (primary N) is 2. The van der Waals surface area contributed by atoms with Crippen molar-refractivity contribution in [3.63, 3.8) is 0 Å². The molecule has 0 saturated carbocycles. The molecule has 0 spiro atoms. The summed E-state index contributed by atoms with van der Waals surface area (Å²) >= 11 is 0. The van der Waals surface area contributed by atoms with Gasteiger partial charge in [0, 0.05) is 5.69 Å². The molecule has 1 aromatic carbocycles. The molecule has 26 heavy (non-hydrogen) atoms. The number of carbonyl (C=O) groups excluding carboxylic acids is 2. The zero-order valence-corrected chi connectivity index (χ0v) is 14.8. The maximum Gasteiger partial charge on any atom is 0.243 e. The summed E-state index contributed by atoms with van der Waals surface area (Å²) in [4.78, 5) is 23.7. The van der Waals surface area contributed by atoms with E-state index in [2.05, 4.69) is 28.9 Å². The fraction of sp³-hybridized carbons (Fsp3) is 0.300. The maximum atomic E-state index is 12.0. The lowest BCUT2D eigenvalue weighted by Crippen LogP contribution is -2.43. The Bertz CT molecular complexity index is 705. The first-order valence-electron chi connectivity index (χ1n) is 8.77. The molecule has 2 rings (SSSR count). The number of amides is 2. The molecule has 0 bridgehead atoms. The Labute approximate surface area is 154 Å².